The molecular formula is C17H24N2O5Si. The summed E-state index contributed by atoms with van der Waals surface area (Å²) in [4.78, 5) is 24.8. The van der Waals surface area contributed by atoms with Gasteiger partial charge in [0.2, 0.25) is 0 Å². The Morgan fingerprint density at radius 3 is 2.72 bits per heavy atom. The smallest absolute Gasteiger partial charge is 0.340 e. The summed E-state index contributed by atoms with van der Waals surface area (Å²) in [7, 11) is -1.24. The predicted octanol–water partition coefficient (Wildman–Crippen LogP) is 2.12. The van der Waals surface area contributed by atoms with Crippen LogP contribution in [0.25, 0.3) is 10.9 Å². The summed E-state index contributed by atoms with van der Waals surface area (Å²) >= 11 is 0. The van der Waals surface area contributed by atoms with Crippen LogP contribution in [0.15, 0.2) is 29.3 Å². The zero-order chi connectivity index (χ0) is 18.6. The van der Waals surface area contributed by atoms with E-state index in [0.717, 1.165) is 6.04 Å². The highest BCUT2D eigenvalue weighted by atomic mass is 28.3. The third kappa shape index (κ3) is 4.67. The molecule has 0 saturated heterocycles. The average Bonchev–Trinajstić information content (AvgIpc) is 2.52. The number of ether oxygens (including phenoxy) is 2. The Bertz CT molecular complexity index is 826. The predicted molar refractivity (Wildman–Crippen MR) is 97.2 cm³/mol. The van der Waals surface area contributed by atoms with Gasteiger partial charge >= 0.3 is 11.5 Å². The van der Waals surface area contributed by atoms with E-state index in [1.165, 1.54) is 23.0 Å². The molecule has 8 heteroatoms. The van der Waals surface area contributed by atoms with Crippen LogP contribution in [0.4, 0.5) is 0 Å². The normalized spacial score (nSPS) is 11.7. The van der Waals surface area contributed by atoms with Gasteiger partial charge in [0.05, 0.1) is 17.6 Å². The van der Waals surface area contributed by atoms with Crippen LogP contribution < -0.4 is 10.3 Å². The van der Waals surface area contributed by atoms with E-state index in [0.29, 0.717) is 11.3 Å². The van der Waals surface area contributed by atoms with Crippen molar-refractivity contribution in [2.45, 2.75) is 39.3 Å². The molecule has 0 spiro atoms. The average molecular weight is 364 g/mol. The van der Waals surface area contributed by atoms with Crippen LogP contribution in [0.5, 0.6) is 0 Å². The highest BCUT2D eigenvalue weighted by molar-refractivity contribution is 6.76. The van der Waals surface area contributed by atoms with E-state index in [9.17, 15) is 14.8 Å². The van der Waals surface area contributed by atoms with Crippen LogP contribution in [-0.2, 0) is 16.2 Å². The van der Waals surface area contributed by atoms with Gasteiger partial charge in [-0.2, -0.15) is 4.73 Å². The van der Waals surface area contributed by atoms with Crippen molar-refractivity contribution in [3.8, 4) is 0 Å². The largest absolute Gasteiger partial charge is 0.618 e. The summed E-state index contributed by atoms with van der Waals surface area (Å²) < 4.78 is 12.3. The molecule has 0 radical (unpaired) electrons. The Kier molecular flexibility index (Phi) is 5.96. The maximum absolute atomic E-state index is 12.6. The minimum atomic E-state index is -1.24. The fourth-order valence-corrected chi connectivity index (χ4v) is 3.10. The van der Waals surface area contributed by atoms with Crippen LogP contribution in [0, 0.1) is 5.21 Å². The van der Waals surface area contributed by atoms with Crippen molar-refractivity contribution in [3.63, 3.8) is 0 Å². The van der Waals surface area contributed by atoms with Crippen LogP contribution in [0.2, 0.25) is 25.7 Å². The van der Waals surface area contributed by atoms with Crippen molar-refractivity contribution in [2.24, 2.45) is 0 Å². The molecule has 0 atom stereocenters. The van der Waals surface area contributed by atoms with Gasteiger partial charge in [0, 0.05) is 26.9 Å². The van der Waals surface area contributed by atoms with Crippen LogP contribution in [-0.4, -0.2) is 31.8 Å². The molecule has 0 amide bonds. The molecule has 0 aliphatic heterocycles. The second-order valence-electron chi connectivity index (χ2n) is 6.98. The summed E-state index contributed by atoms with van der Waals surface area (Å²) in [6.45, 7) is 9.12. The van der Waals surface area contributed by atoms with Gasteiger partial charge in [-0.05, 0) is 19.0 Å². The third-order valence-corrected chi connectivity index (χ3v) is 5.42. The number of esters is 1. The minimum absolute atomic E-state index is 0.0133. The van der Waals surface area contributed by atoms with Crippen LogP contribution in [0.1, 0.15) is 17.3 Å². The summed E-state index contributed by atoms with van der Waals surface area (Å²) in [6, 6.07) is 4.02. The van der Waals surface area contributed by atoms with Crippen molar-refractivity contribution in [1.82, 2.24) is 4.57 Å². The molecule has 0 aliphatic carbocycles. The van der Waals surface area contributed by atoms with Gasteiger partial charge in [0.25, 0.3) is 5.52 Å². The maximum Gasteiger partial charge on any atom is 0.340 e. The van der Waals surface area contributed by atoms with Gasteiger partial charge in [0.1, 0.15) is 6.73 Å². The van der Waals surface area contributed by atoms with Gasteiger partial charge in [-0.3, -0.25) is 9.36 Å². The van der Waals surface area contributed by atoms with E-state index < -0.39 is 19.6 Å². The van der Waals surface area contributed by atoms with Gasteiger partial charge in [-0.15, -0.1) is 0 Å². The molecule has 136 valence electrons. The first kappa shape index (κ1) is 19.1. The second kappa shape index (κ2) is 7.79. The topological polar surface area (TPSA) is 84.5 Å². The first-order chi connectivity index (χ1) is 11.7. The second-order valence-corrected chi connectivity index (χ2v) is 12.6. The van der Waals surface area contributed by atoms with Crippen molar-refractivity contribution in [3.05, 3.63) is 45.7 Å². The third-order valence-electron chi connectivity index (χ3n) is 3.72. The molecule has 0 aliphatic rings. The van der Waals surface area contributed by atoms with Crippen molar-refractivity contribution in [1.29, 1.82) is 0 Å². The number of hydrogen-bond acceptors (Lipinski definition) is 5. The molecule has 0 N–H and O–H groups in total. The Morgan fingerprint density at radius 2 is 2.08 bits per heavy atom. The van der Waals surface area contributed by atoms with E-state index in [-0.39, 0.29) is 29.8 Å². The number of rotatable bonds is 7. The number of carbonyl (C=O) groups excluding carboxylic acids is 1. The standard InChI is InChI=1S/C17H24N2O5Si/c1-5-24-17(21)14-11-18(12-23-9-10-25(2,3)4)16(20)15-13(14)7-6-8-19(15)22/h6-8,11H,5,9-10,12H2,1-4H3. The molecule has 2 rings (SSSR count). The first-order valence-electron chi connectivity index (χ1n) is 8.25. The van der Waals surface area contributed by atoms with E-state index in [4.69, 9.17) is 9.47 Å². The number of pyridine rings is 2. The minimum Gasteiger partial charge on any atom is -0.618 e. The van der Waals surface area contributed by atoms with Crippen molar-refractivity contribution < 1.29 is 19.0 Å². The Labute approximate surface area is 147 Å². The monoisotopic (exact) mass is 364 g/mol. The Hall–Kier alpha value is -2.19. The van der Waals surface area contributed by atoms with Gasteiger partial charge in [-0.25, -0.2) is 4.79 Å². The lowest BCUT2D eigenvalue weighted by Gasteiger charge is -2.16. The molecule has 0 saturated carbocycles. The highest BCUT2D eigenvalue weighted by Gasteiger charge is 2.21. The first-order valence-corrected chi connectivity index (χ1v) is 12.0. The molecule has 7 nitrogen and oxygen atoms in total. The van der Waals surface area contributed by atoms with E-state index in [1.54, 1.807) is 13.0 Å². The Balaban J connectivity index is 2.40. The number of fused-ring (bicyclic) bond motifs is 1. The summed E-state index contributed by atoms with van der Waals surface area (Å²) in [6.07, 6.45) is 2.63. The molecule has 0 fully saturated rings. The molecular weight excluding hydrogens is 340 g/mol. The number of hydrogen-bond donors (Lipinski definition) is 0. The van der Waals surface area contributed by atoms with Crippen molar-refractivity contribution in [2.75, 3.05) is 13.2 Å². The quantitative estimate of drug-likeness (QED) is 0.247. The maximum atomic E-state index is 12.6. The lowest BCUT2D eigenvalue weighted by Crippen LogP contribution is -2.36. The van der Waals surface area contributed by atoms with Crippen LogP contribution in [0.3, 0.4) is 0 Å². The van der Waals surface area contributed by atoms with Gasteiger partial charge in [-0.1, -0.05) is 19.6 Å². The lowest BCUT2D eigenvalue weighted by atomic mass is 10.1. The van der Waals surface area contributed by atoms with Gasteiger partial charge < -0.3 is 14.7 Å². The van der Waals surface area contributed by atoms with Crippen LogP contribution >= 0.6 is 0 Å². The fourth-order valence-electron chi connectivity index (χ4n) is 2.35. The number of nitrogens with zero attached hydrogens (tertiary/aromatic N) is 2. The van der Waals surface area contributed by atoms with Crippen molar-refractivity contribution >= 4 is 24.9 Å². The Morgan fingerprint density at radius 1 is 1.36 bits per heavy atom. The highest BCUT2D eigenvalue weighted by Crippen LogP contribution is 2.14. The number of aromatic nitrogens is 2. The molecule has 0 aromatic carbocycles. The number of carbonyl (C=O) groups is 1. The SMILES string of the molecule is CCOC(=O)c1cn(COCC[Si](C)(C)C)c(=O)c2c1ccc[n+]2[O-]. The molecule has 2 heterocycles. The molecule has 0 bridgehead atoms. The zero-order valence-electron chi connectivity index (χ0n) is 15.1. The lowest BCUT2D eigenvalue weighted by molar-refractivity contribution is -0.577. The van der Waals surface area contributed by atoms with E-state index in [2.05, 4.69) is 19.6 Å². The molecule has 2 aromatic heterocycles. The van der Waals surface area contributed by atoms with Gasteiger partial charge in [0.15, 0.2) is 6.20 Å². The van der Waals surface area contributed by atoms with E-state index in [1.807, 2.05) is 0 Å². The fraction of sp³-hybridized carbons (Fsp3) is 0.471. The molecule has 0 unspecified atom stereocenters. The van der Waals surface area contributed by atoms with E-state index >= 15 is 0 Å². The zero-order valence-corrected chi connectivity index (χ0v) is 16.1. The molecule has 25 heavy (non-hydrogen) atoms. The summed E-state index contributed by atoms with van der Waals surface area (Å²) in [5, 5.41) is 12.3. The summed E-state index contributed by atoms with van der Waals surface area (Å²) in [5.41, 5.74) is -0.413. The molecule has 2 aromatic rings. The summed E-state index contributed by atoms with van der Waals surface area (Å²) in [5.74, 6) is -0.574.